The van der Waals surface area contributed by atoms with Gasteiger partial charge in [0.05, 0.1) is 11.5 Å². The average Bonchev–Trinajstić information content (AvgIpc) is 3.39. The Kier molecular flexibility index (Phi) is 3.48. The Balaban J connectivity index is 1.79. The second-order valence-electron chi connectivity index (χ2n) is 5.01. The predicted molar refractivity (Wildman–Crippen MR) is 74.8 cm³/mol. The fourth-order valence-corrected chi connectivity index (χ4v) is 4.40. The second-order valence-corrected chi connectivity index (χ2v) is 7.33. The van der Waals surface area contributed by atoms with Crippen LogP contribution in [-0.2, 0) is 9.09 Å². The van der Waals surface area contributed by atoms with Gasteiger partial charge in [-0.1, -0.05) is 0 Å². The van der Waals surface area contributed by atoms with Crippen molar-refractivity contribution in [1.29, 1.82) is 1.43 Å². The molecule has 1 unspecified atom stereocenters. The zero-order valence-corrected chi connectivity index (χ0v) is 12.1. The van der Waals surface area contributed by atoms with Gasteiger partial charge in [-0.3, -0.25) is 19.2 Å². The zero-order chi connectivity index (χ0) is 15.7. The summed E-state index contributed by atoms with van der Waals surface area (Å²) in [5.41, 5.74) is 0.566. The van der Waals surface area contributed by atoms with Crippen LogP contribution >= 0.6 is 7.67 Å². The fraction of sp³-hybridized carbons (Fsp3) is 0.500. The smallest absolute Gasteiger partial charge is 0.346 e. The van der Waals surface area contributed by atoms with E-state index in [0.717, 1.165) is 26.2 Å². The van der Waals surface area contributed by atoms with Crippen LogP contribution in [0.1, 0.15) is 11.7 Å². The number of rotatable bonds is 8. The lowest BCUT2D eigenvalue weighted by Gasteiger charge is -2.25. The van der Waals surface area contributed by atoms with Gasteiger partial charge in [0.1, 0.15) is 6.10 Å². The minimum Gasteiger partial charge on any atom is -0.393 e. The normalized spacial score (nSPS) is 20.9. The van der Waals surface area contributed by atoms with E-state index >= 15 is 0 Å². The lowest BCUT2D eigenvalue weighted by molar-refractivity contribution is -0.384. The standard InChI is InChI=1S/C12H16N3O5P/c16-9-12(10-1-3-11(4-2-10)15(17)18)20-21(19,13-5-6-13)14-7-8-14/h1-4,12,16H,5-9H2/i16T. The zero-order valence-electron chi connectivity index (χ0n) is 12.3. The highest BCUT2D eigenvalue weighted by molar-refractivity contribution is 7.54. The molecule has 0 aliphatic carbocycles. The van der Waals surface area contributed by atoms with E-state index in [4.69, 9.17) is 5.95 Å². The number of nitro benzene ring substituents is 1. The minimum absolute atomic E-state index is 0.0330. The van der Waals surface area contributed by atoms with Crippen LogP contribution in [0, 0.1) is 10.1 Å². The molecule has 0 amide bonds. The molecule has 2 aliphatic heterocycles. The number of non-ortho nitro benzene ring substituents is 1. The largest absolute Gasteiger partial charge is 0.393 e. The Hall–Kier alpha value is -1.31. The van der Waals surface area contributed by atoms with Crippen molar-refractivity contribution in [2.75, 3.05) is 32.8 Å². The van der Waals surface area contributed by atoms with Crippen molar-refractivity contribution in [3.8, 4) is 0 Å². The summed E-state index contributed by atoms with van der Waals surface area (Å²) in [6.45, 7) is 2.81. The third kappa shape index (κ3) is 3.00. The number of nitro groups is 1. The Bertz CT molecular complexity index is 589. The van der Waals surface area contributed by atoms with Crippen molar-refractivity contribution >= 4 is 13.4 Å². The van der Waals surface area contributed by atoms with Gasteiger partial charge < -0.3 is 5.11 Å². The lowest BCUT2D eigenvalue weighted by atomic mass is 10.1. The first-order valence-electron chi connectivity index (χ1n) is 7.07. The van der Waals surface area contributed by atoms with Crippen molar-refractivity contribution in [3.05, 3.63) is 39.9 Å². The van der Waals surface area contributed by atoms with Crippen molar-refractivity contribution in [2.24, 2.45) is 0 Å². The molecule has 21 heavy (non-hydrogen) atoms. The van der Waals surface area contributed by atoms with Crippen LogP contribution in [0.15, 0.2) is 24.3 Å². The minimum atomic E-state index is -3.05. The second kappa shape index (κ2) is 5.47. The fourth-order valence-electron chi connectivity index (χ4n) is 2.07. The highest BCUT2D eigenvalue weighted by Crippen LogP contribution is 2.63. The molecule has 0 bridgehead atoms. The maximum absolute atomic E-state index is 13.0. The van der Waals surface area contributed by atoms with Gasteiger partial charge >= 0.3 is 7.67 Å². The van der Waals surface area contributed by atoms with Crippen molar-refractivity contribution in [1.82, 2.24) is 9.34 Å². The summed E-state index contributed by atoms with van der Waals surface area (Å²) in [5, 5.41) is 15.1. The summed E-state index contributed by atoms with van der Waals surface area (Å²) in [6.07, 6.45) is -0.703. The molecule has 0 aromatic heterocycles. The monoisotopic (exact) mass is 315 g/mol. The Morgan fingerprint density at radius 2 is 1.90 bits per heavy atom. The molecule has 2 saturated heterocycles. The first-order valence-corrected chi connectivity index (χ1v) is 8.19. The molecule has 0 spiro atoms. The first-order chi connectivity index (χ1) is 10.5. The van der Waals surface area contributed by atoms with Gasteiger partial charge in [0, 0.05) is 38.3 Å². The van der Waals surface area contributed by atoms with Gasteiger partial charge in [-0.25, -0.2) is 9.34 Å². The Morgan fingerprint density at radius 1 is 1.33 bits per heavy atom. The lowest BCUT2D eigenvalue weighted by Crippen LogP contribution is -2.14. The first kappa shape index (κ1) is 13.4. The Labute approximate surface area is 123 Å². The van der Waals surface area contributed by atoms with Crippen LogP contribution in [0.3, 0.4) is 0 Å². The summed E-state index contributed by atoms with van der Waals surface area (Å²) < 4.78 is 29.3. The van der Waals surface area contributed by atoms with Gasteiger partial charge in [-0.15, -0.1) is 0 Å². The average molecular weight is 315 g/mol. The molecule has 0 saturated carbocycles. The summed E-state index contributed by atoms with van der Waals surface area (Å²) in [6, 6.07) is 5.79. The van der Waals surface area contributed by atoms with E-state index in [0.29, 0.717) is 5.56 Å². The molecule has 1 atom stereocenters. The van der Waals surface area contributed by atoms with E-state index < -0.39 is 18.7 Å². The summed E-state index contributed by atoms with van der Waals surface area (Å²) in [7, 11) is -3.05. The SMILES string of the molecule is [3H]OCC(OP(=O)(N1CC1)N1CC1)c1ccc([N+](=O)[O-])cc1. The number of hydrogen-bond donors (Lipinski definition) is 1. The highest BCUT2D eigenvalue weighted by atomic mass is 31.2. The number of aliphatic hydroxyl groups is 1. The number of nitrogens with zero attached hydrogens (tertiary/aromatic N) is 3. The van der Waals surface area contributed by atoms with E-state index in [2.05, 4.69) is 5.11 Å². The molecule has 2 aliphatic rings. The quantitative estimate of drug-likeness (QED) is 0.335. The molecule has 1 aromatic rings. The molecule has 1 N–H and O–H groups in total. The molecule has 1 aromatic carbocycles. The maximum atomic E-state index is 13.0. The van der Waals surface area contributed by atoms with Gasteiger partial charge in [-0.2, -0.15) is 0 Å². The van der Waals surface area contributed by atoms with E-state index in [1.54, 1.807) is 9.34 Å². The molecular weight excluding hydrogens is 297 g/mol. The number of benzene rings is 1. The van der Waals surface area contributed by atoms with Crippen LogP contribution < -0.4 is 0 Å². The maximum Gasteiger partial charge on any atom is 0.346 e. The van der Waals surface area contributed by atoms with Crippen molar-refractivity contribution in [3.63, 3.8) is 0 Å². The third-order valence-corrected chi connectivity index (χ3v) is 6.21. The molecule has 114 valence electrons. The summed E-state index contributed by atoms with van der Waals surface area (Å²) >= 11 is 0. The van der Waals surface area contributed by atoms with Crippen LogP contribution in [-0.4, -0.2) is 53.6 Å². The van der Waals surface area contributed by atoms with Gasteiger partial charge in [0.2, 0.25) is 1.43 Å². The van der Waals surface area contributed by atoms with Crippen molar-refractivity contribution < 1.29 is 19.1 Å². The van der Waals surface area contributed by atoms with Crippen LogP contribution in [0.4, 0.5) is 5.69 Å². The molecule has 2 heterocycles. The molecule has 8 nitrogen and oxygen atoms in total. The van der Waals surface area contributed by atoms with Crippen molar-refractivity contribution in [2.45, 2.75) is 6.10 Å². The van der Waals surface area contributed by atoms with Crippen LogP contribution in [0.25, 0.3) is 0 Å². The molecule has 3 rings (SSSR count). The van der Waals surface area contributed by atoms with E-state index in [1.165, 1.54) is 24.3 Å². The van der Waals surface area contributed by atoms with Crippen LogP contribution in [0.5, 0.6) is 0 Å². The molecule has 2 fully saturated rings. The van der Waals surface area contributed by atoms with E-state index in [-0.39, 0.29) is 12.3 Å². The van der Waals surface area contributed by atoms with Crippen LogP contribution in [0.2, 0.25) is 0 Å². The Morgan fingerprint density at radius 3 is 2.33 bits per heavy atom. The van der Waals surface area contributed by atoms with Gasteiger partial charge in [0.25, 0.3) is 5.69 Å². The predicted octanol–water partition coefficient (Wildman–Crippen LogP) is 1.38. The topological polar surface area (TPSA) is 95.7 Å². The van der Waals surface area contributed by atoms with Gasteiger partial charge in [0.15, 0.2) is 0 Å². The third-order valence-electron chi connectivity index (χ3n) is 3.45. The number of hydrogen-bond acceptors (Lipinski definition) is 5. The molecule has 9 heteroatoms. The molecular formula is C12H16N3O5P. The number of aliphatic hydroxyl groups excluding tert-OH is 1. The van der Waals surface area contributed by atoms with Gasteiger partial charge in [-0.05, 0) is 17.7 Å². The molecule has 0 radical (unpaired) electrons. The summed E-state index contributed by atoms with van der Waals surface area (Å²) in [4.78, 5) is 10.2. The van der Waals surface area contributed by atoms with E-state index in [1.807, 2.05) is 0 Å². The summed E-state index contributed by atoms with van der Waals surface area (Å²) in [5.74, 6) is 0. The van der Waals surface area contributed by atoms with E-state index in [9.17, 15) is 14.7 Å². The highest BCUT2D eigenvalue weighted by Gasteiger charge is 2.50.